The average molecular weight is 279 g/mol. The molecule has 1 aromatic heterocycles. The zero-order chi connectivity index (χ0) is 14.5. The number of rotatable bonds is 6. The van der Waals surface area contributed by atoms with Gasteiger partial charge < -0.3 is 16.2 Å². The van der Waals surface area contributed by atoms with Crippen LogP contribution in [-0.4, -0.2) is 32.6 Å². The Morgan fingerprint density at radius 3 is 3.00 bits per heavy atom. The van der Waals surface area contributed by atoms with E-state index in [1.54, 1.807) is 6.07 Å². The first-order valence-corrected chi connectivity index (χ1v) is 5.92. The molecule has 1 unspecified atom stereocenters. The van der Waals surface area contributed by atoms with Gasteiger partial charge in [-0.25, -0.2) is 9.07 Å². The molecule has 2 rings (SSSR count). The van der Waals surface area contributed by atoms with Gasteiger partial charge >= 0.3 is 0 Å². The van der Waals surface area contributed by atoms with Crippen LogP contribution in [0.25, 0.3) is 0 Å². The molecule has 106 valence electrons. The number of nitrogens with one attached hydrogen (secondary N) is 1. The first-order valence-electron chi connectivity index (χ1n) is 5.92. The lowest BCUT2D eigenvalue weighted by atomic mass is 10.2. The Balaban J connectivity index is 2.20. The number of carbonyl (C=O) groups is 1. The molecular formula is C12H14FN5O2. The molecule has 0 aliphatic heterocycles. The molecule has 0 fully saturated rings. The molecular weight excluding hydrogens is 265 g/mol. The molecule has 0 aliphatic carbocycles. The number of hydrogen-bond donors (Lipinski definition) is 3. The van der Waals surface area contributed by atoms with Gasteiger partial charge in [-0.15, -0.1) is 5.10 Å². The van der Waals surface area contributed by atoms with E-state index in [2.05, 4.69) is 15.6 Å². The fourth-order valence-electron chi connectivity index (χ4n) is 1.69. The van der Waals surface area contributed by atoms with Crippen LogP contribution in [0.2, 0.25) is 0 Å². The summed E-state index contributed by atoms with van der Waals surface area (Å²) in [5.41, 5.74) is 6.03. The van der Waals surface area contributed by atoms with Gasteiger partial charge in [-0.3, -0.25) is 4.79 Å². The maximum Gasteiger partial charge on any atom is 0.246 e. The Bertz CT molecular complexity index is 601. The summed E-state index contributed by atoms with van der Waals surface area (Å²) in [7, 11) is 0. The minimum absolute atomic E-state index is 0.0959. The Morgan fingerprint density at radius 1 is 1.55 bits per heavy atom. The quantitative estimate of drug-likeness (QED) is 0.692. The number of aliphatic hydroxyl groups is 1. The molecule has 0 spiro atoms. The van der Waals surface area contributed by atoms with Crippen molar-refractivity contribution in [2.45, 2.75) is 12.6 Å². The van der Waals surface area contributed by atoms with Crippen molar-refractivity contribution in [2.75, 3.05) is 11.9 Å². The van der Waals surface area contributed by atoms with Gasteiger partial charge in [0.15, 0.2) is 6.04 Å². The second-order valence-electron chi connectivity index (χ2n) is 4.12. The largest absolute Gasteiger partial charge is 0.394 e. The number of aromatic nitrogens is 3. The van der Waals surface area contributed by atoms with Crippen LogP contribution in [-0.2, 0) is 11.3 Å². The number of benzene rings is 1. The van der Waals surface area contributed by atoms with Crippen molar-refractivity contribution in [2.24, 2.45) is 5.73 Å². The average Bonchev–Trinajstić information content (AvgIpc) is 2.84. The zero-order valence-electron chi connectivity index (χ0n) is 10.5. The van der Waals surface area contributed by atoms with E-state index in [1.165, 1.54) is 29.1 Å². The van der Waals surface area contributed by atoms with E-state index in [0.29, 0.717) is 11.4 Å². The summed E-state index contributed by atoms with van der Waals surface area (Å²) in [6, 6.07) is 4.73. The fourth-order valence-corrected chi connectivity index (χ4v) is 1.69. The summed E-state index contributed by atoms with van der Waals surface area (Å²) >= 11 is 0. The normalized spacial score (nSPS) is 12.1. The number of anilines is 1. The SMILES string of the molecule is NC(=O)C(Nc1cccc(F)c1)c1cn(CCO)nn1. The molecule has 0 saturated carbocycles. The predicted molar refractivity (Wildman–Crippen MR) is 69.1 cm³/mol. The number of halogens is 1. The smallest absolute Gasteiger partial charge is 0.246 e. The van der Waals surface area contributed by atoms with Gasteiger partial charge in [-0.2, -0.15) is 0 Å². The highest BCUT2D eigenvalue weighted by Crippen LogP contribution is 2.18. The molecule has 0 saturated heterocycles. The van der Waals surface area contributed by atoms with E-state index in [4.69, 9.17) is 10.8 Å². The molecule has 1 amide bonds. The van der Waals surface area contributed by atoms with Gasteiger partial charge in [-0.1, -0.05) is 11.3 Å². The van der Waals surface area contributed by atoms with E-state index in [0.717, 1.165) is 0 Å². The lowest BCUT2D eigenvalue weighted by molar-refractivity contribution is -0.118. The highest BCUT2D eigenvalue weighted by Gasteiger charge is 2.21. The molecule has 0 radical (unpaired) electrons. The minimum atomic E-state index is -0.927. The molecule has 1 aromatic carbocycles. The summed E-state index contributed by atoms with van der Waals surface area (Å²) in [5, 5.41) is 19.2. The van der Waals surface area contributed by atoms with E-state index >= 15 is 0 Å². The van der Waals surface area contributed by atoms with Crippen molar-refractivity contribution in [3.05, 3.63) is 42.0 Å². The van der Waals surface area contributed by atoms with E-state index in [-0.39, 0.29) is 13.2 Å². The summed E-state index contributed by atoms with van der Waals surface area (Å²) in [6.45, 7) is 0.166. The van der Waals surface area contributed by atoms with Gasteiger partial charge in [0.2, 0.25) is 5.91 Å². The second-order valence-corrected chi connectivity index (χ2v) is 4.12. The highest BCUT2D eigenvalue weighted by molar-refractivity contribution is 5.83. The van der Waals surface area contributed by atoms with Gasteiger partial charge in [0.1, 0.15) is 11.5 Å². The molecule has 4 N–H and O–H groups in total. The highest BCUT2D eigenvalue weighted by atomic mass is 19.1. The van der Waals surface area contributed by atoms with E-state index in [9.17, 15) is 9.18 Å². The molecule has 7 nitrogen and oxygen atoms in total. The molecule has 1 heterocycles. The maximum absolute atomic E-state index is 13.1. The van der Waals surface area contributed by atoms with Crippen LogP contribution in [0.1, 0.15) is 11.7 Å². The van der Waals surface area contributed by atoms with Gasteiger partial charge in [-0.05, 0) is 18.2 Å². The number of primary amides is 1. The Kier molecular flexibility index (Phi) is 4.26. The third-order valence-corrected chi connectivity index (χ3v) is 2.60. The fraction of sp³-hybridized carbons (Fsp3) is 0.250. The summed E-state index contributed by atoms with van der Waals surface area (Å²) in [5.74, 6) is -1.09. The van der Waals surface area contributed by atoms with Crippen molar-refractivity contribution in [3.8, 4) is 0 Å². The number of nitrogens with two attached hydrogens (primary N) is 1. The van der Waals surface area contributed by atoms with Crippen molar-refractivity contribution in [3.63, 3.8) is 0 Å². The van der Waals surface area contributed by atoms with Crippen molar-refractivity contribution in [1.29, 1.82) is 0 Å². The van der Waals surface area contributed by atoms with E-state index < -0.39 is 17.8 Å². The molecule has 0 aliphatic rings. The van der Waals surface area contributed by atoms with Crippen LogP contribution in [0.5, 0.6) is 0 Å². The van der Waals surface area contributed by atoms with Gasteiger partial charge in [0.05, 0.1) is 19.3 Å². The number of aliphatic hydroxyl groups excluding tert-OH is 1. The first kappa shape index (κ1) is 13.9. The third kappa shape index (κ3) is 3.29. The van der Waals surface area contributed by atoms with Crippen LogP contribution < -0.4 is 11.1 Å². The van der Waals surface area contributed by atoms with Crippen LogP contribution >= 0.6 is 0 Å². The summed E-state index contributed by atoms with van der Waals surface area (Å²) in [6.07, 6.45) is 1.50. The maximum atomic E-state index is 13.1. The topological polar surface area (TPSA) is 106 Å². The molecule has 1 atom stereocenters. The number of hydrogen-bond acceptors (Lipinski definition) is 5. The molecule has 8 heteroatoms. The predicted octanol–water partition coefficient (Wildman–Crippen LogP) is 0.0480. The van der Waals surface area contributed by atoms with Crippen molar-refractivity contribution in [1.82, 2.24) is 15.0 Å². The van der Waals surface area contributed by atoms with Crippen LogP contribution in [0.15, 0.2) is 30.5 Å². The minimum Gasteiger partial charge on any atom is -0.394 e. The monoisotopic (exact) mass is 279 g/mol. The van der Waals surface area contributed by atoms with Crippen LogP contribution in [0, 0.1) is 5.82 Å². The standard InChI is InChI=1S/C12H14FN5O2/c13-8-2-1-3-9(6-8)15-11(12(14)20)10-7-18(4-5-19)17-16-10/h1-3,6-7,11,15,19H,4-5H2,(H2,14,20). The first-order chi connectivity index (χ1) is 9.60. The van der Waals surface area contributed by atoms with E-state index in [1.807, 2.05) is 0 Å². The van der Waals surface area contributed by atoms with Crippen molar-refractivity contribution < 1.29 is 14.3 Å². The van der Waals surface area contributed by atoms with Crippen molar-refractivity contribution >= 4 is 11.6 Å². The Morgan fingerprint density at radius 2 is 2.35 bits per heavy atom. The zero-order valence-corrected chi connectivity index (χ0v) is 10.5. The number of amides is 1. The number of nitrogens with zero attached hydrogens (tertiary/aromatic N) is 3. The summed E-state index contributed by atoms with van der Waals surface area (Å²) < 4.78 is 14.5. The Hall–Kier alpha value is -2.48. The Labute approximate surface area is 114 Å². The van der Waals surface area contributed by atoms with Gasteiger partial charge in [0.25, 0.3) is 0 Å². The van der Waals surface area contributed by atoms with Crippen LogP contribution in [0.4, 0.5) is 10.1 Å². The molecule has 2 aromatic rings. The molecule has 20 heavy (non-hydrogen) atoms. The molecule has 0 bridgehead atoms. The van der Waals surface area contributed by atoms with Gasteiger partial charge in [0, 0.05) is 5.69 Å². The summed E-state index contributed by atoms with van der Waals surface area (Å²) in [4.78, 5) is 11.5. The lowest BCUT2D eigenvalue weighted by Crippen LogP contribution is -2.28. The number of carbonyl (C=O) groups excluding carboxylic acids is 1. The lowest BCUT2D eigenvalue weighted by Gasteiger charge is -2.14. The second kappa shape index (κ2) is 6.11. The van der Waals surface area contributed by atoms with Crippen LogP contribution in [0.3, 0.4) is 0 Å². The third-order valence-electron chi connectivity index (χ3n) is 2.60.